The smallest absolute Gasteiger partial charge is 0.307 e. The van der Waals surface area contributed by atoms with Gasteiger partial charge in [0.05, 0.1) is 29.8 Å². The number of amides is 1. The Bertz CT molecular complexity index is 1770. The van der Waals surface area contributed by atoms with Crippen LogP contribution in [0.1, 0.15) is 60.4 Å². The Morgan fingerprint density at radius 2 is 1.90 bits per heavy atom. The van der Waals surface area contributed by atoms with Crippen molar-refractivity contribution in [2.75, 3.05) is 13.7 Å². The highest BCUT2D eigenvalue weighted by molar-refractivity contribution is 6.00. The van der Waals surface area contributed by atoms with Gasteiger partial charge in [-0.1, -0.05) is 18.2 Å². The van der Waals surface area contributed by atoms with Gasteiger partial charge in [-0.05, 0) is 80.0 Å². The zero-order valence-corrected chi connectivity index (χ0v) is 24.1. The van der Waals surface area contributed by atoms with Gasteiger partial charge in [0.25, 0.3) is 5.91 Å². The molecule has 218 valence electrons. The van der Waals surface area contributed by atoms with Crippen molar-refractivity contribution >= 4 is 33.8 Å². The molecule has 3 saturated carbocycles. The molecule has 1 saturated heterocycles. The fourth-order valence-corrected chi connectivity index (χ4v) is 8.02. The van der Waals surface area contributed by atoms with E-state index >= 15 is 0 Å². The van der Waals surface area contributed by atoms with Gasteiger partial charge in [-0.15, -0.1) is 0 Å². The quantitative estimate of drug-likeness (QED) is 0.333. The van der Waals surface area contributed by atoms with Crippen LogP contribution < -0.4 is 10.5 Å². The highest BCUT2D eigenvalue weighted by atomic mass is 16.5. The average Bonchev–Trinajstić information content (AvgIpc) is 3.34. The van der Waals surface area contributed by atoms with Gasteiger partial charge in [0.1, 0.15) is 11.3 Å². The summed E-state index contributed by atoms with van der Waals surface area (Å²) in [5.41, 5.74) is 11.8. The number of para-hydroxylation sites is 1. The third kappa shape index (κ3) is 3.75. The summed E-state index contributed by atoms with van der Waals surface area (Å²) in [6.45, 7) is 1.59. The minimum Gasteiger partial charge on any atom is -0.494 e. The van der Waals surface area contributed by atoms with Crippen molar-refractivity contribution in [3.8, 4) is 17.3 Å². The lowest BCUT2D eigenvalue weighted by atomic mass is 9.69. The van der Waals surface area contributed by atoms with E-state index in [9.17, 15) is 14.7 Å². The molecule has 4 aliphatic rings. The number of rotatable bonds is 7. The van der Waals surface area contributed by atoms with Crippen LogP contribution in [0, 0.1) is 17.8 Å². The summed E-state index contributed by atoms with van der Waals surface area (Å²) in [6.07, 6.45) is 6.08. The number of hydrogen-bond donors (Lipinski definition) is 2. The van der Waals surface area contributed by atoms with E-state index < -0.39 is 5.97 Å². The van der Waals surface area contributed by atoms with Crippen LogP contribution in [0.3, 0.4) is 0 Å². The van der Waals surface area contributed by atoms with Gasteiger partial charge in [0.15, 0.2) is 5.82 Å². The third-order valence-corrected chi connectivity index (χ3v) is 10.6. The minimum atomic E-state index is -0.708. The van der Waals surface area contributed by atoms with Crippen molar-refractivity contribution in [3.63, 3.8) is 0 Å². The SMILES string of the molecule is COc1cc(C(=O)N2C[C@H]3CC[C@@H]2[C@@H]3N)cc2nc(-c3cc4cccc(C5CCC5C(=O)O)c4n3CC3CC3)n(C)c12. The molecule has 9 nitrogen and oxygen atoms in total. The van der Waals surface area contributed by atoms with Gasteiger partial charge >= 0.3 is 5.97 Å². The molecule has 4 aromatic rings. The van der Waals surface area contributed by atoms with E-state index in [0.717, 1.165) is 71.2 Å². The molecule has 8 rings (SSSR count). The van der Waals surface area contributed by atoms with Crippen LogP contribution in [0.25, 0.3) is 33.5 Å². The Labute approximate surface area is 244 Å². The lowest BCUT2D eigenvalue weighted by Gasteiger charge is -2.34. The number of nitrogens with zero attached hydrogens (tertiary/aromatic N) is 4. The van der Waals surface area contributed by atoms with Crippen LogP contribution in [-0.4, -0.2) is 61.7 Å². The first kappa shape index (κ1) is 25.8. The number of hydrogen-bond acceptors (Lipinski definition) is 5. The number of aryl methyl sites for hydroxylation is 1. The number of methoxy groups -OCH3 is 1. The molecule has 42 heavy (non-hydrogen) atoms. The maximum absolute atomic E-state index is 13.7. The zero-order valence-electron chi connectivity index (χ0n) is 24.1. The Kier molecular flexibility index (Phi) is 5.74. The lowest BCUT2D eigenvalue weighted by Crippen LogP contribution is -2.41. The number of piperidine rings is 1. The molecule has 2 unspecified atom stereocenters. The van der Waals surface area contributed by atoms with Gasteiger partial charge < -0.3 is 29.6 Å². The molecule has 1 amide bonds. The monoisotopic (exact) mass is 567 g/mol. The molecule has 3 heterocycles. The first-order valence-corrected chi connectivity index (χ1v) is 15.3. The number of ether oxygens (including phenoxy) is 1. The van der Waals surface area contributed by atoms with Gasteiger partial charge in [-0.25, -0.2) is 4.98 Å². The van der Waals surface area contributed by atoms with E-state index in [1.807, 2.05) is 30.1 Å². The fourth-order valence-electron chi connectivity index (χ4n) is 8.02. The lowest BCUT2D eigenvalue weighted by molar-refractivity contribution is -0.145. The van der Waals surface area contributed by atoms with Crippen LogP contribution in [0.2, 0.25) is 0 Å². The van der Waals surface area contributed by atoms with Gasteiger partial charge in [-0.3, -0.25) is 9.59 Å². The standard InChI is InChI=1S/C33H37N5O4/c1-36-30-24(12-20(14-27(30)42-2)32(39)38-16-19-8-11-25(38)28(19)34)35-31(36)26-13-18-4-3-5-22(21-9-10-23(21)33(40)41)29(18)37(26)15-17-6-7-17/h3-5,12-14,17,19,21,23,25,28H,6-11,15-16,34H2,1-2H3,(H,40,41)/t19-,21?,23?,25-,28-/m1/s1. The van der Waals surface area contributed by atoms with Crippen molar-refractivity contribution < 1.29 is 19.4 Å². The van der Waals surface area contributed by atoms with Crippen molar-refractivity contribution in [1.29, 1.82) is 0 Å². The number of carbonyl (C=O) groups is 2. The number of aromatic nitrogens is 3. The summed E-state index contributed by atoms with van der Waals surface area (Å²) in [7, 11) is 3.64. The summed E-state index contributed by atoms with van der Waals surface area (Å²) in [5, 5.41) is 10.9. The highest BCUT2D eigenvalue weighted by Crippen LogP contribution is 2.47. The van der Waals surface area contributed by atoms with Crippen LogP contribution in [0.15, 0.2) is 36.4 Å². The largest absolute Gasteiger partial charge is 0.494 e. The molecular formula is C33H37N5O4. The summed E-state index contributed by atoms with van der Waals surface area (Å²) >= 11 is 0. The number of fused-ring (bicyclic) bond motifs is 4. The normalized spacial score (nSPS) is 26.7. The number of carboxylic acids is 1. The summed E-state index contributed by atoms with van der Waals surface area (Å²) in [6, 6.07) is 12.4. The fraction of sp³-hybridized carbons (Fsp3) is 0.485. The van der Waals surface area contributed by atoms with E-state index in [-0.39, 0.29) is 29.8 Å². The summed E-state index contributed by atoms with van der Waals surface area (Å²) in [4.78, 5) is 32.7. The molecule has 0 spiro atoms. The molecule has 1 aliphatic heterocycles. The van der Waals surface area contributed by atoms with Crippen LogP contribution >= 0.6 is 0 Å². The van der Waals surface area contributed by atoms with Crippen molar-refractivity contribution in [2.24, 2.45) is 30.5 Å². The molecule has 4 fully saturated rings. The minimum absolute atomic E-state index is 0.00831. The predicted octanol–water partition coefficient (Wildman–Crippen LogP) is 4.75. The van der Waals surface area contributed by atoms with Crippen molar-refractivity contribution in [3.05, 3.63) is 47.5 Å². The molecule has 3 N–H and O–H groups in total. The Morgan fingerprint density at radius 1 is 1.07 bits per heavy atom. The molecule has 5 atom stereocenters. The van der Waals surface area contributed by atoms with Crippen LogP contribution in [0.4, 0.5) is 0 Å². The van der Waals surface area contributed by atoms with E-state index in [2.05, 4.69) is 27.3 Å². The van der Waals surface area contributed by atoms with E-state index in [1.165, 1.54) is 12.8 Å². The molecule has 9 heteroatoms. The Morgan fingerprint density at radius 3 is 2.55 bits per heavy atom. The maximum atomic E-state index is 13.7. The molecule has 2 bridgehead atoms. The average molecular weight is 568 g/mol. The van der Waals surface area contributed by atoms with Crippen molar-refractivity contribution in [2.45, 2.75) is 63.1 Å². The van der Waals surface area contributed by atoms with E-state index in [4.69, 9.17) is 15.5 Å². The molecule has 3 aliphatic carbocycles. The summed E-state index contributed by atoms with van der Waals surface area (Å²) in [5.74, 6) is 1.40. The third-order valence-electron chi connectivity index (χ3n) is 10.6. The summed E-state index contributed by atoms with van der Waals surface area (Å²) < 4.78 is 10.3. The molecule has 2 aromatic heterocycles. The molecule has 2 aromatic carbocycles. The topological polar surface area (TPSA) is 116 Å². The number of likely N-dealkylation sites (tertiary alicyclic amines) is 1. The van der Waals surface area contributed by atoms with Gasteiger partial charge in [-0.2, -0.15) is 0 Å². The van der Waals surface area contributed by atoms with Gasteiger partial charge in [0, 0.05) is 43.2 Å². The van der Waals surface area contributed by atoms with Crippen molar-refractivity contribution in [1.82, 2.24) is 19.0 Å². The number of carboxylic acid groups (broad SMARTS) is 1. The Hall–Kier alpha value is -3.85. The van der Waals surface area contributed by atoms with Gasteiger partial charge in [0.2, 0.25) is 0 Å². The second-order valence-electron chi connectivity index (χ2n) is 13.0. The molecule has 0 radical (unpaired) electrons. The zero-order chi connectivity index (χ0) is 28.9. The molecular weight excluding hydrogens is 530 g/mol. The second kappa shape index (κ2) is 9.33. The number of aliphatic carboxylic acids is 1. The maximum Gasteiger partial charge on any atom is 0.307 e. The number of benzene rings is 2. The second-order valence-corrected chi connectivity index (χ2v) is 13.0. The van der Waals surface area contributed by atoms with E-state index in [1.54, 1.807) is 7.11 Å². The number of nitrogens with two attached hydrogens (primary N) is 1. The predicted molar refractivity (Wildman–Crippen MR) is 160 cm³/mol. The number of imidazole rings is 1. The first-order chi connectivity index (χ1) is 20.3. The van der Waals surface area contributed by atoms with E-state index in [0.29, 0.717) is 29.7 Å². The first-order valence-electron chi connectivity index (χ1n) is 15.3. The Balaban J connectivity index is 1.25. The number of carbonyl (C=O) groups excluding carboxylic acids is 1. The van der Waals surface area contributed by atoms with Crippen LogP contribution in [0.5, 0.6) is 5.75 Å². The van der Waals surface area contributed by atoms with Crippen LogP contribution in [-0.2, 0) is 18.4 Å². The highest BCUT2D eigenvalue weighted by Gasteiger charge is 2.47.